The van der Waals surface area contributed by atoms with Crippen LogP contribution in [0.5, 0.6) is 11.5 Å². The Morgan fingerprint density at radius 1 is 1.13 bits per heavy atom. The lowest BCUT2D eigenvalue weighted by Gasteiger charge is -2.30. The monoisotopic (exact) mass is 516 g/mol. The van der Waals surface area contributed by atoms with Gasteiger partial charge in [-0.05, 0) is 77.9 Å². The van der Waals surface area contributed by atoms with E-state index in [-0.39, 0.29) is 24.5 Å². The van der Waals surface area contributed by atoms with Crippen LogP contribution in [0.1, 0.15) is 54.7 Å². The number of ether oxygens (including phenoxy) is 3. The zero-order chi connectivity index (χ0) is 26.1. The fourth-order valence-corrected chi connectivity index (χ4v) is 5.42. The predicted molar refractivity (Wildman–Crippen MR) is 141 cm³/mol. The molecule has 1 N–H and O–H groups in total. The Labute approximate surface area is 220 Å². The van der Waals surface area contributed by atoms with E-state index >= 15 is 0 Å². The van der Waals surface area contributed by atoms with Gasteiger partial charge in [-0.3, -0.25) is 9.69 Å². The molecule has 0 unspecified atom stereocenters. The van der Waals surface area contributed by atoms with Crippen molar-refractivity contribution in [1.29, 1.82) is 0 Å². The summed E-state index contributed by atoms with van der Waals surface area (Å²) in [6.45, 7) is 6.80. The van der Waals surface area contributed by atoms with Crippen molar-refractivity contribution in [2.75, 3.05) is 13.4 Å². The average Bonchev–Trinajstić information content (AvgIpc) is 3.68. The molecule has 2 aromatic heterocycles. The minimum Gasteiger partial charge on any atom is -0.454 e. The summed E-state index contributed by atoms with van der Waals surface area (Å²) in [5.41, 5.74) is 3.64. The molecule has 10 nitrogen and oxygen atoms in total. The number of rotatable bonds is 9. The van der Waals surface area contributed by atoms with Crippen molar-refractivity contribution in [3.05, 3.63) is 75.3 Å². The quantitative estimate of drug-likeness (QED) is 0.357. The van der Waals surface area contributed by atoms with Crippen molar-refractivity contribution in [2.45, 2.75) is 64.9 Å². The lowest BCUT2D eigenvalue weighted by molar-refractivity contribution is 0.0888. The van der Waals surface area contributed by atoms with Gasteiger partial charge < -0.3 is 19.2 Å². The van der Waals surface area contributed by atoms with Gasteiger partial charge in [-0.2, -0.15) is 0 Å². The number of pyridine rings is 1. The second kappa shape index (κ2) is 10.5. The normalized spacial score (nSPS) is 17.5. The van der Waals surface area contributed by atoms with Crippen LogP contribution < -0.4 is 15.0 Å². The van der Waals surface area contributed by atoms with Gasteiger partial charge in [0.1, 0.15) is 0 Å². The van der Waals surface area contributed by atoms with E-state index in [2.05, 4.69) is 45.3 Å². The van der Waals surface area contributed by atoms with Crippen LogP contribution in [0.2, 0.25) is 0 Å². The van der Waals surface area contributed by atoms with Crippen LogP contribution in [-0.2, 0) is 24.4 Å². The molecule has 2 aromatic carbocycles. The van der Waals surface area contributed by atoms with Crippen molar-refractivity contribution in [3.8, 4) is 11.5 Å². The molecule has 4 aromatic rings. The number of aryl methyl sites for hydroxylation is 1. The zero-order valence-electron chi connectivity index (χ0n) is 21.7. The van der Waals surface area contributed by atoms with E-state index in [1.54, 1.807) is 0 Å². The van der Waals surface area contributed by atoms with Crippen LogP contribution in [-0.4, -0.2) is 49.6 Å². The van der Waals surface area contributed by atoms with Gasteiger partial charge in [0.15, 0.2) is 17.3 Å². The molecule has 0 aliphatic carbocycles. The number of hydrogen-bond acceptors (Lipinski definition) is 8. The van der Waals surface area contributed by atoms with Crippen LogP contribution in [0.15, 0.2) is 47.3 Å². The van der Waals surface area contributed by atoms with Gasteiger partial charge >= 0.3 is 0 Å². The molecule has 38 heavy (non-hydrogen) atoms. The summed E-state index contributed by atoms with van der Waals surface area (Å²) in [5.74, 6) is 2.25. The molecular weight excluding hydrogens is 484 g/mol. The average molecular weight is 517 g/mol. The second-order valence-corrected chi connectivity index (χ2v) is 10.1. The number of nitrogens with one attached hydrogen (secondary N) is 1. The van der Waals surface area contributed by atoms with E-state index in [1.807, 2.05) is 41.1 Å². The van der Waals surface area contributed by atoms with Gasteiger partial charge in [0, 0.05) is 30.8 Å². The van der Waals surface area contributed by atoms with Crippen LogP contribution in [0, 0.1) is 6.92 Å². The maximum atomic E-state index is 13.2. The number of fused-ring (bicyclic) bond motifs is 2. The molecule has 1 saturated heterocycles. The number of hydrogen-bond donors (Lipinski definition) is 1. The Kier molecular flexibility index (Phi) is 6.82. The maximum absolute atomic E-state index is 13.2. The molecule has 0 saturated carbocycles. The first-order chi connectivity index (χ1) is 18.6. The maximum Gasteiger partial charge on any atom is 0.252 e. The lowest BCUT2D eigenvalue weighted by atomic mass is 10.1. The first kappa shape index (κ1) is 24.6. The van der Waals surface area contributed by atoms with Gasteiger partial charge in [0.2, 0.25) is 6.79 Å². The molecule has 0 bridgehead atoms. The lowest BCUT2D eigenvalue weighted by Crippen LogP contribution is -2.33. The van der Waals surface area contributed by atoms with Gasteiger partial charge in [0.05, 0.1) is 18.7 Å². The first-order valence-electron chi connectivity index (χ1n) is 13.2. The molecule has 4 heterocycles. The van der Waals surface area contributed by atoms with Crippen molar-refractivity contribution >= 4 is 10.9 Å². The second-order valence-electron chi connectivity index (χ2n) is 10.1. The number of aromatic amines is 1. The minimum absolute atomic E-state index is 0.0918. The smallest absolute Gasteiger partial charge is 0.252 e. The summed E-state index contributed by atoms with van der Waals surface area (Å²) >= 11 is 0. The number of H-pyrrole nitrogens is 1. The Morgan fingerprint density at radius 2 is 2.03 bits per heavy atom. The highest BCUT2D eigenvalue weighted by Crippen LogP contribution is 2.34. The molecule has 10 heteroatoms. The molecule has 2 aliphatic heterocycles. The van der Waals surface area contributed by atoms with Crippen LogP contribution in [0.4, 0.5) is 0 Å². The molecule has 2 atom stereocenters. The summed E-state index contributed by atoms with van der Waals surface area (Å²) in [4.78, 5) is 18.5. The van der Waals surface area contributed by atoms with E-state index in [0.717, 1.165) is 65.2 Å². The zero-order valence-corrected chi connectivity index (χ0v) is 21.7. The number of nitrogens with zero attached hydrogens (tertiary/aromatic N) is 5. The molecule has 0 spiro atoms. The largest absolute Gasteiger partial charge is 0.454 e. The van der Waals surface area contributed by atoms with Crippen LogP contribution in [0.3, 0.4) is 0 Å². The third-order valence-corrected chi connectivity index (χ3v) is 7.36. The summed E-state index contributed by atoms with van der Waals surface area (Å²) in [5, 5.41) is 13.8. The first-order valence-corrected chi connectivity index (χ1v) is 13.2. The Morgan fingerprint density at radius 3 is 2.87 bits per heavy atom. The Hall–Kier alpha value is -3.76. The molecule has 0 radical (unpaired) electrons. The van der Waals surface area contributed by atoms with Gasteiger partial charge in [-0.15, -0.1) is 5.10 Å². The number of benzene rings is 2. The summed E-state index contributed by atoms with van der Waals surface area (Å²) in [7, 11) is 0. The minimum atomic E-state index is -0.121. The van der Waals surface area contributed by atoms with Gasteiger partial charge in [-0.25, -0.2) is 4.68 Å². The third-order valence-electron chi connectivity index (χ3n) is 7.36. The van der Waals surface area contributed by atoms with E-state index in [9.17, 15) is 4.79 Å². The molecule has 1 fully saturated rings. The topological polar surface area (TPSA) is 107 Å². The summed E-state index contributed by atoms with van der Waals surface area (Å²) in [6.07, 6.45) is 2.94. The highest BCUT2D eigenvalue weighted by molar-refractivity contribution is 5.79. The summed E-state index contributed by atoms with van der Waals surface area (Å²) < 4.78 is 18.8. The predicted octanol–water partition coefficient (Wildman–Crippen LogP) is 3.88. The van der Waals surface area contributed by atoms with Gasteiger partial charge in [-0.1, -0.05) is 24.6 Å². The highest BCUT2D eigenvalue weighted by Gasteiger charge is 2.28. The molecule has 2 aliphatic rings. The Balaban J connectivity index is 1.36. The van der Waals surface area contributed by atoms with E-state index < -0.39 is 0 Å². The highest BCUT2D eigenvalue weighted by atomic mass is 16.7. The molecule has 198 valence electrons. The van der Waals surface area contributed by atoms with E-state index in [0.29, 0.717) is 25.2 Å². The summed E-state index contributed by atoms with van der Waals surface area (Å²) in [6, 6.07) is 13.9. The van der Waals surface area contributed by atoms with Crippen LogP contribution in [0.25, 0.3) is 10.9 Å². The fourth-order valence-electron chi connectivity index (χ4n) is 5.42. The van der Waals surface area contributed by atoms with Crippen LogP contribution >= 0.6 is 0 Å². The van der Waals surface area contributed by atoms with Crippen molar-refractivity contribution in [3.63, 3.8) is 0 Å². The van der Waals surface area contributed by atoms with Crippen molar-refractivity contribution < 1.29 is 14.2 Å². The van der Waals surface area contributed by atoms with Crippen molar-refractivity contribution in [2.24, 2.45) is 0 Å². The Bertz CT molecular complexity index is 1490. The van der Waals surface area contributed by atoms with Crippen molar-refractivity contribution in [1.82, 2.24) is 30.1 Å². The fraction of sp³-hybridized carbons (Fsp3) is 0.429. The third kappa shape index (κ3) is 5.01. The number of tetrazole rings is 1. The molecule has 0 amide bonds. The van der Waals surface area contributed by atoms with Gasteiger partial charge in [0.25, 0.3) is 5.56 Å². The SMILES string of the molecule is CC[C@H](c1nnnn1C[C@@H]1CCCO1)N(Cc1ccc2c(c1)OCO2)Cc1cc2cc(C)ccc2[nH]c1=O. The molecule has 6 rings (SSSR count). The van der Waals surface area contributed by atoms with E-state index in [4.69, 9.17) is 14.2 Å². The number of aromatic nitrogens is 5. The van der Waals surface area contributed by atoms with E-state index in [1.165, 1.54) is 0 Å². The molecular formula is C28H32N6O4. The standard InChI is InChI=1S/C28H32N6O4/c1-3-24(27-30-31-32-34(27)16-22-5-4-10-36-22)33(14-19-7-9-25-26(12-19)38-17-37-25)15-21-13-20-11-18(2)6-8-23(20)29-28(21)35/h6-9,11-13,22,24H,3-5,10,14-17H2,1-2H3,(H,29,35)/t22-,24+/m0/s1.